The monoisotopic (exact) mass is 273 g/mol. The predicted molar refractivity (Wildman–Crippen MR) is 71.2 cm³/mol. The SMILES string of the molecule is COc1cc(C(C)CCN)c(C(C)(F)F)cc1OC. The van der Waals surface area contributed by atoms with E-state index in [-0.39, 0.29) is 11.5 Å². The summed E-state index contributed by atoms with van der Waals surface area (Å²) in [5.74, 6) is -2.24. The number of benzene rings is 1. The van der Waals surface area contributed by atoms with E-state index in [4.69, 9.17) is 15.2 Å². The van der Waals surface area contributed by atoms with E-state index in [1.165, 1.54) is 20.3 Å². The first kappa shape index (κ1) is 15.7. The zero-order valence-corrected chi connectivity index (χ0v) is 11.8. The van der Waals surface area contributed by atoms with Gasteiger partial charge in [-0.05, 0) is 36.6 Å². The standard InChI is InChI=1S/C14H21F2NO2/c1-9(5-6-17)10-7-12(18-3)13(19-4)8-11(10)14(2,15)16/h7-9H,5-6,17H2,1-4H3. The summed E-state index contributed by atoms with van der Waals surface area (Å²) in [7, 11) is 2.91. The van der Waals surface area contributed by atoms with Crippen LogP contribution in [-0.4, -0.2) is 20.8 Å². The first-order valence-corrected chi connectivity index (χ1v) is 6.19. The Balaban J connectivity index is 3.40. The minimum absolute atomic E-state index is 0.0360. The van der Waals surface area contributed by atoms with Crippen LogP contribution in [0, 0.1) is 0 Å². The van der Waals surface area contributed by atoms with Gasteiger partial charge in [0.25, 0.3) is 5.92 Å². The Hall–Kier alpha value is -1.36. The van der Waals surface area contributed by atoms with E-state index in [0.29, 0.717) is 30.0 Å². The molecule has 1 aromatic rings. The Morgan fingerprint density at radius 1 is 1.21 bits per heavy atom. The molecule has 0 saturated carbocycles. The van der Waals surface area contributed by atoms with Crippen LogP contribution in [-0.2, 0) is 5.92 Å². The van der Waals surface area contributed by atoms with Crippen LogP contribution in [0.1, 0.15) is 37.3 Å². The summed E-state index contributed by atoms with van der Waals surface area (Å²) in [5.41, 5.74) is 6.02. The molecular weight excluding hydrogens is 252 g/mol. The summed E-state index contributed by atoms with van der Waals surface area (Å²) in [4.78, 5) is 0. The van der Waals surface area contributed by atoms with E-state index < -0.39 is 5.92 Å². The number of nitrogens with two attached hydrogens (primary N) is 1. The number of ether oxygens (including phenoxy) is 2. The first-order chi connectivity index (χ1) is 8.85. The highest BCUT2D eigenvalue weighted by Crippen LogP contribution is 2.41. The van der Waals surface area contributed by atoms with Gasteiger partial charge < -0.3 is 15.2 Å². The Kier molecular flexibility index (Phi) is 5.11. The lowest BCUT2D eigenvalue weighted by atomic mass is 9.90. The third-order valence-corrected chi connectivity index (χ3v) is 3.16. The van der Waals surface area contributed by atoms with Gasteiger partial charge in [0, 0.05) is 12.5 Å². The fourth-order valence-corrected chi connectivity index (χ4v) is 2.09. The maximum atomic E-state index is 13.7. The van der Waals surface area contributed by atoms with Gasteiger partial charge in [-0.2, -0.15) is 0 Å². The number of hydrogen-bond donors (Lipinski definition) is 1. The van der Waals surface area contributed by atoms with Crippen LogP contribution in [0.25, 0.3) is 0 Å². The smallest absolute Gasteiger partial charge is 0.270 e. The molecule has 108 valence electrons. The minimum Gasteiger partial charge on any atom is -0.493 e. The van der Waals surface area contributed by atoms with E-state index >= 15 is 0 Å². The van der Waals surface area contributed by atoms with Gasteiger partial charge in [0.15, 0.2) is 11.5 Å². The van der Waals surface area contributed by atoms with Gasteiger partial charge >= 0.3 is 0 Å². The highest BCUT2D eigenvalue weighted by Gasteiger charge is 2.31. The van der Waals surface area contributed by atoms with Crippen molar-refractivity contribution in [2.45, 2.75) is 32.1 Å². The van der Waals surface area contributed by atoms with E-state index in [0.717, 1.165) is 6.92 Å². The summed E-state index contributed by atoms with van der Waals surface area (Å²) in [6.07, 6.45) is 0.637. The summed E-state index contributed by atoms with van der Waals surface area (Å²) < 4.78 is 37.7. The molecule has 0 bridgehead atoms. The van der Waals surface area contributed by atoms with Crippen molar-refractivity contribution in [3.8, 4) is 11.5 Å². The van der Waals surface area contributed by atoms with Crippen molar-refractivity contribution in [2.24, 2.45) is 5.73 Å². The molecule has 19 heavy (non-hydrogen) atoms. The van der Waals surface area contributed by atoms with Gasteiger partial charge in [0.1, 0.15) is 0 Å². The molecule has 0 aliphatic heterocycles. The second-order valence-corrected chi connectivity index (χ2v) is 4.66. The molecule has 0 fully saturated rings. The fraction of sp³-hybridized carbons (Fsp3) is 0.571. The number of halogens is 2. The minimum atomic E-state index is -2.93. The molecule has 0 amide bonds. The van der Waals surface area contributed by atoms with Gasteiger partial charge in [-0.25, -0.2) is 8.78 Å². The zero-order valence-electron chi connectivity index (χ0n) is 11.8. The molecule has 0 spiro atoms. The molecular formula is C14H21F2NO2. The highest BCUT2D eigenvalue weighted by atomic mass is 19.3. The van der Waals surface area contributed by atoms with Crippen molar-refractivity contribution in [3.05, 3.63) is 23.3 Å². The van der Waals surface area contributed by atoms with E-state index in [1.54, 1.807) is 6.07 Å². The van der Waals surface area contributed by atoms with Crippen LogP contribution in [0.15, 0.2) is 12.1 Å². The zero-order chi connectivity index (χ0) is 14.6. The van der Waals surface area contributed by atoms with Crippen molar-refractivity contribution >= 4 is 0 Å². The summed E-state index contributed by atoms with van der Waals surface area (Å²) in [6.45, 7) is 3.21. The van der Waals surface area contributed by atoms with E-state index in [2.05, 4.69) is 0 Å². The molecule has 0 saturated heterocycles. The second kappa shape index (κ2) is 6.19. The summed E-state index contributed by atoms with van der Waals surface area (Å²) in [5, 5.41) is 0. The van der Waals surface area contributed by atoms with Crippen LogP contribution < -0.4 is 15.2 Å². The molecule has 2 N–H and O–H groups in total. The Labute approximate surface area is 112 Å². The summed E-state index contributed by atoms with van der Waals surface area (Å²) in [6, 6.07) is 2.97. The van der Waals surface area contributed by atoms with Crippen LogP contribution in [0.3, 0.4) is 0 Å². The molecule has 3 nitrogen and oxygen atoms in total. The predicted octanol–water partition coefficient (Wildman–Crippen LogP) is 3.27. The van der Waals surface area contributed by atoms with Gasteiger partial charge in [-0.1, -0.05) is 6.92 Å². The van der Waals surface area contributed by atoms with Crippen molar-refractivity contribution in [3.63, 3.8) is 0 Å². The van der Waals surface area contributed by atoms with Gasteiger partial charge in [-0.3, -0.25) is 0 Å². The average Bonchev–Trinajstić information content (AvgIpc) is 2.36. The number of hydrogen-bond acceptors (Lipinski definition) is 3. The van der Waals surface area contributed by atoms with Crippen molar-refractivity contribution in [1.82, 2.24) is 0 Å². The average molecular weight is 273 g/mol. The number of rotatable bonds is 6. The molecule has 1 atom stereocenters. The first-order valence-electron chi connectivity index (χ1n) is 6.19. The molecule has 0 radical (unpaired) electrons. The fourth-order valence-electron chi connectivity index (χ4n) is 2.09. The van der Waals surface area contributed by atoms with Crippen LogP contribution in [0.5, 0.6) is 11.5 Å². The third kappa shape index (κ3) is 3.56. The molecule has 5 heteroatoms. The van der Waals surface area contributed by atoms with Gasteiger partial charge in [-0.15, -0.1) is 0 Å². The third-order valence-electron chi connectivity index (χ3n) is 3.16. The molecule has 0 aliphatic rings. The van der Waals surface area contributed by atoms with E-state index in [1.807, 2.05) is 6.92 Å². The lowest BCUT2D eigenvalue weighted by Crippen LogP contribution is -2.15. The van der Waals surface area contributed by atoms with Crippen molar-refractivity contribution < 1.29 is 18.3 Å². The summed E-state index contributed by atoms with van der Waals surface area (Å²) >= 11 is 0. The van der Waals surface area contributed by atoms with Crippen LogP contribution in [0.2, 0.25) is 0 Å². The Bertz CT molecular complexity index is 430. The molecule has 0 heterocycles. The molecule has 0 aromatic heterocycles. The molecule has 1 aromatic carbocycles. The Morgan fingerprint density at radius 3 is 2.16 bits per heavy atom. The normalized spacial score (nSPS) is 13.2. The Morgan fingerprint density at radius 2 is 1.74 bits per heavy atom. The maximum Gasteiger partial charge on any atom is 0.270 e. The number of alkyl halides is 2. The molecule has 1 unspecified atom stereocenters. The largest absolute Gasteiger partial charge is 0.493 e. The van der Waals surface area contributed by atoms with Crippen LogP contribution in [0.4, 0.5) is 8.78 Å². The van der Waals surface area contributed by atoms with Gasteiger partial charge in [0.05, 0.1) is 14.2 Å². The van der Waals surface area contributed by atoms with Crippen molar-refractivity contribution in [2.75, 3.05) is 20.8 Å². The van der Waals surface area contributed by atoms with Gasteiger partial charge in [0.2, 0.25) is 0 Å². The van der Waals surface area contributed by atoms with Crippen molar-refractivity contribution in [1.29, 1.82) is 0 Å². The molecule has 0 aliphatic carbocycles. The topological polar surface area (TPSA) is 44.5 Å². The quantitative estimate of drug-likeness (QED) is 0.865. The lowest BCUT2D eigenvalue weighted by Gasteiger charge is -2.22. The highest BCUT2D eigenvalue weighted by molar-refractivity contribution is 5.49. The molecule has 1 rings (SSSR count). The second-order valence-electron chi connectivity index (χ2n) is 4.66. The maximum absolute atomic E-state index is 13.7. The van der Waals surface area contributed by atoms with E-state index in [9.17, 15) is 8.78 Å². The number of methoxy groups -OCH3 is 2. The lowest BCUT2D eigenvalue weighted by molar-refractivity contribution is 0.0159. The van der Waals surface area contributed by atoms with Crippen LogP contribution >= 0.6 is 0 Å².